The van der Waals surface area contributed by atoms with Crippen molar-refractivity contribution in [3.8, 4) is 0 Å². The Morgan fingerprint density at radius 1 is 1.28 bits per heavy atom. The first-order chi connectivity index (χ1) is 12.0. The predicted molar refractivity (Wildman–Crippen MR) is 91.1 cm³/mol. The molecular formula is C17H21N5O3. The average Bonchev–Trinajstić information content (AvgIpc) is 3.02. The average molecular weight is 343 g/mol. The summed E-state index contributed by atoms with van der Waals surface area (Å²) in [5, 5.41) is 19.9. The summed E-state index contributed by atoms with van der Waals surface area (Å²) < 4.78 is 1.64. The van der Waals surface area contributed by atoms with E-state index in [4.69, 9.17) is 0 Å². The van der Waals surface area contributed by atoms with Gasteiger partial charge in [-0.3, -0.25) is 10.1 Å². The SMILES string of the molecule is CC1CC(C(=O)O)CN(C(=O)Nc2cn(Cc3ccccc3)nn2)C1. The van der Waals surface area contributed by atoms with Crippen molar-refractivity contribution in [1.29, 1.82) is 0 Å². The number of hydrogen-bond acceptors (Lipinski definition) is 4. The molecular weight excluding hydrogens is 322 g/mol. The highest BCUT2D eigenvalue weighted by Crippen LogP contribution is 2.22. The number of nitrogens with zero attached hydrogens (tertiary/aromatic N) is 4. The van der Waals surface area contributed by atoms with Crippen LogP contribution in [0.1, 0.15) is 18.9 Å². The number of aliphatic carboxylic acids is 1. The Labute approximate surface area is 145 Å². The summed E-state index contributed by atoms with van der Waals surface area (Å²) in [7, 11) is 0. The summed E-state index contributed by atoms with van der Waals surface area (Å²) >= 11 is 0. The van der Waals surface area contributed by atoms with Crippen molar-refractivity contribution >= 4 is 17.8 Å². The molecule has 1 aliphatic heterocycles. The summed E-state index contributed by atoms with van der Waals surface area (Å²) in [6.07, 6.45) is 2.25. The molecule has 1 aliphatic rings. The van der Waals surface area contributed by atoms with E-state index in [1.54, 1.807) is 10.9 Å². The van der Waals surface area contributed by atoms with Crippen LogP contribution in [0.3, 0.4) is 0 Å². The van der Waals surface area contributed by atoms with Crippen LogP contribution in [0.5, 0.6) is 0 Å². The van der Waals surface area contributed by atoms with Crippen LogP contribution in [0.4, 0.5) is 10.6 Å². The zero-order valence-corrected chi connectivity index (χ0v) is 14.0. The zero-order valence-electron chi connectivity index (χ0n) is 14.0. The topological polar surface area (TPSA) is 100 Å². The normalized spacial score (nSPS) is 20.3. The standard InChI is InChI=1S/C17H21N5O3/c1-12-7-14(16(23)24)10-21(8-12)17(25)18-15-11-22(20-19-15)9-13-5-3-2-4-6-13/h2-6,11-12,14H,7-10H2,1H3,(H,18,25)(H,23,24). The highest BCUT2D eigenvalue weighted by molar-refractivity contribution is 5.88. The lowest BCUT2D eigenvalue weighted by atomic mass is 9.91. The molecule has 132 valence electrons. The Morgan fingerprint density at radius 2 is 2.04 bits per heavy atom. The Balaban J connectivity index is 1.60. The maximum Gasteiger partial charge on any atom is 0.323 e. The van der Waals surface area contributed by atoms with Crippen LogP contribution in [0, 0.1) is 11.8 Å². The molecule has 2 heterocycles. The first-order valence-electron chi connectivity index (χ1n) is 8.24. The number of piperidine rings is 1. The Hall–Kier alpha value is -2.90. The summed E-state index contributed by atoms with van der Waals surface area (Å²) in [6, 6.07) is 9.48. The molecule has 0 bridgehead atoms. The fourth-order valence-corrected chi connectivity index (χ4v) is 3.09. The van der Waals surface area contributed by atoms with Gasteiger partial charge in [0.1, 0.15) is 0 Å². The third-order valence-corrected chi connectivity index (χ3v) is 4.26. The fourth-order valence-electron chi connectivity index (χ4n) is 3.09. The van der Waals surface area contributed by atoms with E-state index in [-0.39, 0.29) is 18.5 Å². The van der Waals surface area contributed by atoms with Gasteiger partial charge in [0.25, 0.3) is 0 Å². The van der Waals surface area contributed by atoms with Gasteiger partial charge >= 0.3 is 12.0 Å². The summed E-state index contributed by atoms with van der Waals surface area (Å²) in [5.41, 5.74) is 1.08. The smallest absolute Gasteiger partial charge is 0.323 e. The lowest BCUT2D eigenvalue weighted by molar-refractivity contribution is -0.143. The number of carboxylic acids is 1. The Bertz CT molecular complexity index is 746. The first-order valence-corrected chi connectivity index (χ1v) is 8.24. The Kier molecular flexibility index (Phi) is 4.97. The third-order valence-electron chi connectivity index (χ3n) is 4.26. The number of carboxylic acid groups (broad SMARTS) is 1. The lowest BCUT2D eigenvalue weighted by Gasteiger charge is -2.34. The number of nitrogens with one attached hydrogen (secondary N) is 1. The molecule has 1 fully saturated rings. The first kappa shape index (κ1) is 16.9. The van der Waals surface area contributed by atoms with E-state index in [1.165, 1.54) is 4.90 Å². The monoisotopic (exact) mass is 343 g/mol. The molecule has 2 amide bonds. The number of carbonyl (C=O) groups excluding carboxylic acids is 1. The summed E-state index contributed by atoms with van der Waals surface area (Å²) in [4.78, 5) is 25.1. The number of rotatable bonds is 4. The van der Waals surface area contributed by atoms with Crippen LogP contribution in [0.2, 0.25) is 0 Å². The second kappa shape index (κ2) is 7.33. The van der Waals surface area contributed by atoms with E-state index in [0.717, 1.165) is 5.56 Å². The van der Waals surface area contributed by atoms with Gasteiger partial charge in [0, 0.05) is 13.1 Å². The second-order valence-corrected chi connectivity index (χ2v) is 6.50. The Morgan fingerprint density at radius 3 is 2.76 bits per heavy atom. The minimum Gasteiger partial charge on any atom is -0.481 e. The number of likely N-dealkylation sites (tertiary alicyclic amines) is 1. The molecule has 8 heteroatoms. The van der Waals surface area contributed by atoms with E-state index in [9.17, 15) is 14.7 Å². The summed E-state index contributed by atoms with van der Waals surface area (Å²) in [6.45, 7) is 3.26. The fraction of sp³-hybridized carbons (Fsp3) is 0.412. The third kappa shape index (κ3) is 4.34. The van der Waals surface area contributed by atoms with Crippen molar-refractivity contribution in [3.63, 3.8) is 0 Å². The predicted octanol–water partition coefficient (Wildman–Crippen LogP) is 1.90. The zero-order chi connectivity index (χ0) is 17.8. The number of aromatic nitrogens is 3. The number of amides is 2. The van der Waals surface area contributed by atoms with E-state index in [2.05, 4.69) is 15.6 Å². The van der Waals surface area contributed by atoms with Crippen molar-refractivity contribution in [2.24, 2.45) is 11.8 Å². The highest BCUT2D eigenvalue weighted by atomic mass is 16.4. The minimum absolute atomic E-state index is 0.148. The van der Waals surface area contributed by atoms with Gasteiger partial charge in [0.15, 0.2) is 5.82 Å². The maximum atomic E-state index is 12.4. The van der Waals surface area contributed by atoms with Gasteiger partial charge in [-0.1, -0.05) is 42.5 Å². The number of hydrogen-bond donors (Lipinski definition) is 2. The molecule has 1 aromatic heterocycles. The van der Waals surface area contributed by atoms with Crippen molar-refractivity contribution in [2.75, 3.05) is 18.4 Å². The van der Waals surface area contributed by atoms with Crippen molar-refractivity contribution < 1.29 is 14.7 Å². The van der Waals surface area contributed by atoms with E-state index in [1.807, 2.05) is 37.3 Å². The molecule has 0 aliphatic carbocycles. The van der Waals surface area contributed by atoms with Gasteiger partial charge in [-0.2, -0.15) is 0 Å². The van der Waals surface area contributed by atoms with E-state index < -0.39 is 11.9 Å². The molecule has 2 unspecified atom stereocenters. The van der Waals surface area contributed by atoms with Gasteiger partial charge in [0.05, 0.1) is 18.7 Å². The molecule has 2 atom stereocenters. The number of anilines is 1. The lowest BCUT2D eigenvalue weighted by Crippen LogP contribution is -2.47. The van der Waals surface area contributed by atoms with Gasteiger partial charge in [-0.15, -0.1) is 5.10 Å². The van der Waals surface area contributed by atoms with Crippen LogP contribution in [0.15, 0.2) is 36.5 Å². The molecule has 0 saturated carbocycles. The van der Waals surface area contributed by atoms with Crippen LogP contribution in [-0.4, -0.2) is 50.1 Å². The minimum atomic E-state index is -0.863. The highest BCUT2D eigenvalue weighted by Gasteiger charge is 2.32. The molecule has 0 radical (unpaired) electrons. The van der Waals surface area contributed by atoms with Crippen LogP contribution in [0.25, 0.3) is 0 Å². The molecule has 3 rings (SSSR count). The van der Waals surface area contributed by atoms with Crippen molar-refractivity contribution in [3.05, 3.63) is 42.1 Å². The van der Waals surface area contributed by atoms with Crippen LogP contribution in [-0.2, 0) is 11.3 Å². The van der Waals surface area contributed by atoms with Crippen molar-refractivity contribution in [2.45, 2.75) is 19.9 Å². The molecule has 2 N–H and O–H groups in total. The van der Waals surface area contributed by atoms with Gasteiger partial charge in [-0.25, -0.2) is 9.48 Å². The van der Waals surface area contributed by atoms with Gasteiger partial charge in [0.2, 0.25) is 0 Å². The molecule has 0 spiro atoms. The number of benzene rings is 1. The van der Waals surface area contributed by atoms with Gasteiger partial charge in [-0.05, 0) is 17.9 Å². The second-order valence-electron chi connectivity index (χ2n) is 6.50. The van der Waals surface area contributed by atoms with E-state index >= 15 is 0 Å². The van der Waals surface area contributed by atoms with Crippen LogP contribution >= 0.6 is 0 Å². The molecule has 25 heavy (non-hydrogen) atoms. The number of carbonyl (C=O) groups is 2. The van der Waals surface area contributed by atoms with Crippen LogP contribution < -0.4 is 5.32 Å². The number of urea groups is 1. The molecule has 2 aromatic rings. The largest absolute Gasteiger partial charge is 0.481 e. The molecule has 1 saturated heterocycles. The quantitative estimate of drug-likeness (QED) is 0.883. The van der Waals surface area contributed by atoms with Crippen molar-refractivity contribution in [1.82, 2.24) is 19.9 Å². The molecule has 8 nitrogen and oxygen atoms in total. The molecule has 1 aromatic carbocycles. The van der Waals surface area contributed by atoms with E-state index in [0.29, 0.717) is 25.3 Å². The van der Waals surface area contributed by atoms with Gasteiger partial charge < -0.3 is 10.0 Å². The summed E-state index contributed by atoms with van der Waals surface area (Å²) in [5.74, 6) is -0.887. The maximum absolute atomic E-state index is 12.4.